The van der Waals surface area contributed by atoms with Crippen molar-refractivity contribution in [2.24, 2.45) is 5.92 Å². The van der Waals surface area contributed by atoms with Gasteiger partial charge in [0.2, 0.25) is 0 Å². The van der Waals surface area contributed by atoms with Crippen LogP contribution >= 0.6 is 11.3 Å². The number of carbonyl (C=O) groups is 2. The van der Waals surface area contributed by atoms with E-state index < -0.39 is 11.9 Å². The lowest BCUT2D eigenvalue weighted by Crippen LogP contribution is -2.21. The molecular weight excluding hydrogens is 392 g/mol. The Balaban J connectivity index is 1.90. The zero-order valence-corrected chi connectivity index (χ0v) is 17.5. The molecule has 7 nitrogen and oxygen atoms in total. The minimum atomic E-state index is -0.427. The van der Waals surface area contributed by atoms with E-state index in [1.807, 2.05) is 13.8 Å². The summed E-state index contributed by atoms with van der Waals surface area (Å²) >= 11 is 1.17. The van der Waals surface area contributed by atoms with Crippen molar-refractivity contribution >= 4 is 33.5 Å². The van der Waals surface area contributed by atoms with Crippen molar-refractivity contribution in [1.82, 2.24) is 9.55 Å². The third-order valence-corrected chi connectivity index (χ3v) is 5.56. The molecule has 0 fully saturated rings. The molecule has 29 heavy (non-hydrogen) atoms. The van der Waals surface area contributed by atoms with E-state index in [9.17, 15) is 14.4 Å². The highest BCUT2D eigenvalue weighted by Gasteiger charge is 2.21. The molecule has 0 bridgehead atoms. The molecule has 3 aromatic rings. The van der Waals surface area contributed by atoms with Crippen LogP contribution in [-0.2, 0) is 16.0 Å². The Bertz CT molecular complexity index is 1110. The van der Waals surface area contributed by atoms with Crippen molar-refractivity contribution < 1.29 is 19.1 Å². The number of rotatable bonds is 6. The molecular formula is C21H22N2O5S. The summed E-state index contributed by atoms with van der Waals surface area (Å²) in [5.41, 5.74) is 1.65. The summed E-state index contributed by atoms with van der Waals surface area (Å²) in [6.07, 6.45) is 1.47. The number of aromatic nitrogens is 2. The average Bonchev–Trinajstić information content (AvgIpc) is 3.05. The first-order chi connectivity index (χ1) is 13.8. The summed E-state index contributed by atoms with van der Waals surface area (Å²) < 4.78 is 11.5. The van der Waals surface area contributed by atoms with Crippen molar-refractivity contribution in [3.63, 3.8) is 0 Å². The Morgan fingerprint density at radius 1 is 1.17 bits per heavy atom. The first-order valence-electron chi connectivity index (χ1n) is 9.14. The second kappa shape index (κ2) is 8.57. The maximum absolute atomic E-state index is 13.0. The van der Waals surface area contributed by atoms with Crippen LogP contribution in [0.5, 0.6) is 0 Å². The van der Waals surface area contributed by atoms with Crippen molar-refractivity contribution in [3.05, 3.63) is 62.5 Å². The Kier molecular flexibility index (Phi) is 6.12. The monoisotopic (exact) mass is 414 g/mol. The lowest BCUT2D eigenvalue weighted by molar-refractivity contribution is 0.0463. The van der Waals surface area contributed by atoms with Gasteiger partial charge in [-0.2, -0.15) is 0 Å². The minimum Gasteiger partial charge on any atom is -0.465 e. The Morgan fingerprint density at radius 3 is 2.48 bits per heavy atom. The largest absolute Gasteiger partial charge is 0.465 e. The molecule has 0 unspecified atom stereocenters. The first kappa shape index (κ1) is 20.7. The number of nitrogens with zero attached hydrogens (tertiary/aromatic N) is 2. The predicted octanol–water partition coefficient (Wildman–Crippen LogP) is 3.41. The minimum absolute atomic E-state index is 0.219. The van der Waals surface area contributed by atoms with E-state index in [-0.39, 0.29) is 11.5 Å². The second-order valence-corrected chi connectivity index (χ2v) is 8.09. The molecule has 1 aromatic carbocycles. The van der Waals surface area contributed by atoms with E-state index in [0.29, 0.717) is 39.4 Å². The lowest BCUT2D eigenvalue weighted by Gasteiger charge is -2.07. The number of hydrogen-bond acceptors (Lipinski definition) is 7. The van der Waals surface area contributed by atoms with Gasteiger partial charge in [0.1, 0.15) is 9.71 Å². The van der Waals surface area contributed by atoms with E-state index in [4.69, 9.17) is 4.74 Å². The molecule has 0 radical (unpaired) electrons. The van der Waals surface area contributed by atoms with Crippen molar-refractivity contribution in [3.8, 4) is 0 Å². The van der Waals surface area contributed by atoms with Gasteiger partial charge in [0, 0.05) is 0 Å². The molecule has 2 aromatic heterocycles. The van der Waals surface area contributed by atoms with Gasteiger partial charge in [-0.05, 0) is 36.1 Å². The fourth-order valence-electron chi connectivity index (χ4n) is 2.84. The van der Waals surface area contributed by atoms with Gasteiger partial charge in [-0.3, -0.25) is 9.36 Å². The van der Waals surface area contributed by atoms with Crippen LogP contribution < -0.4 is 5.56 Å². The maximum atomic E-state index is 13.0. The molecule has 0 N–H and O–H groups in total. The van der Waals surface area contributed by atoms with Gasteiger partial charge in [0.25, 0.3) is 5.56 Å². The third-order valence-electron chi connectivity index (χ3n) is 4.38. The second-order valence-electron chi connectivity index (χ2n) is 7.09. The highest BCUT2D eigenvalue weighted by Crippen LogP contribution is 2.27. The number of thiophene rings is 1. The van der Waals surface area contributed by atoms with Gasteiger partial charge in [0.05, 0.1) is 37.5 Å². The molecule has 152 valence electrons. The first-order valence-corrected chi connectivity index (χ1v) is 9.96. The molecule has 8 heteroatoms. The molecule has 0 atom stereocenters. The lowest BCUT2D eigenvalue weighted by atomic mass is 10.1. The van der Waals surface area contributed by atoms with Crippen LogP contribution in [0.2, 0.25) is 0 Å². The Hall–Kier alpha value is -3.00. The summed E-state index contributed by atoms with van der Waals surface area (Å²) in [5.74, 6) is -0.610. The summed E-state index contributed by atoms with van der Waals surface area (Å²) in [4.78, 5) is 42.1. The zero-order chi connectivity index (χ0) is 21.1. The molecule has 0 aliphatic heterocycles. The van der Waals surface area contributed by atoms with Crippen molar-refractivity contribution in [2.45, 2.75) is 27.3 Å². The van der Waals surface area contributed by atoms with Crippen LogP contribution in [0.15, 0.2) is 35.4 Å². The number of esters is 2. The van der Waals surface area contributed by atoms with Gasteiger partial charge in [-0.25, -0.2) is 14.6 Å². The topological polar surface area (TPSA) is 87.5 Å². The fraction of sp³-hybridized carbons (Fsp3) is 0.333. The number of aryl methyl sites for hydroxylation is 1. The van der Waals surface area contributed by atoms with Gasteiger partial charge in [0.15, 0.2) is 0 Å². The SMILES string of the molecule is COC(=O)c1ccc(Cn2cnc3sc(C(=O)OCC(C)C)c(C)c3c2=O)cc1. The summed E-state index contributed by atoms with van der Waals surface area (Å²) in [5, 5.41) is 0.431. The highest BCUT2D eigenvalue weighted by molar-refractivity contribution is 7.20. The van der Waals surface area contributed by atoms with Gasteiger partial charge < -0.3 is 9.47 Å². The predicted molar refractivity (Wildman–Crippen MR) is 111 cm³/mol. The molecule has 0 aliphatic carbocycles. The molecule has 3 rings (SSSR count). The third kappa shape index (κ3) is 4.37. The van der Waals surface area contributed by atoms with Crippen LogP contribution in [0, 0.1) is 12.8 Å². The van der Waals surface area contributed by atoms with E-state index in [1.165, 1.54) is 29.3 Å². The molecule has 2 heterocycles. The number of methoxy groups -OCH3 is 1. The van der Waals surface area contributed by atoms with Crippen LogP contribution in [0.3, 0.4) is 0 Å². The number of hydrogen-bond donors (Lipinski definition) is 0. The highest BCUT2D eigenvalue weighted by atomic mass is 32.1. The van der Waals surface area contributed by atoms with Crippen molar-refractivity contribution in [2.75, 3.05) is 13.7 Å². The van der Waals surface area contributed by atoms with E-state index in [0.717, 1.165) is 5.56 Å². The van der Waals surface area contributed by atoms with Gasteiger partial charge in [-0.15, -0.1) is 11.3 Å². The van der Waals surface area contributed by atoms with Gasteiger partial charge >= 0.3 is 11.9 Å². The van der Waals surface area contributed by atoms with Crippen LogP contribution in [0.4, 0.5) is 0 Å². The van der Waals surface area contributed by atoms with E-state index in [2.05, 4.69) is 9.72 Å². The fourth-order valence-corrected chi connectivity index (χ4v) is 3.87. The number of fused-ring (bicyclic) bond motifs is 1. The summed E-state index contributed by atoms with van der Waals surface area (Å²) in [6, 6.07) is 6.82. The zero-order valence-electron chi connectivity index (χ0n) is 16.7. The Morgan fingerprint density at radius 2 is 1.86 bits per heavy atom. The van der Waals surface area contributed by atoms with Gasteiger partial charge in [-0.1, -0.05) is 26.0 Å². The summed E-state index contributed by atoms with van der Waals surface area (Å²) in [6.45, 7) is 6.28. The van der Waals surface area contributed by atoms with Crippen molar-refractivity contribution in [1.29, 1.82) is 0 Å². The molecule has 0 aliphatic rings. The standard InChI is InChI=1S/C21H22N2O5S/c1-12(2)10-28-21(26)17-13(3)16-18(29-17)22-11-23(19(16)24)9-14-5-7-15(8-6-14)20(25)27-4/h5-8,11-12H,9-10H2,1-4H3. The summed E-state index contributed by atoms with van der Waals surface area (Å²) in [7, 11) is 1.33. The number of ether oxygens (including phenoxy) is 2. The molecule has 0 saturated heterocycles. The van der Waals surface area contributed by atoms with E-state index in [1.54, 1.807) is 31.2 Å². The maximum Gasteiger partial charge on any atom is 0.348 e. The average molecular weight is 414 g/mol. The van der Waals surface area contributed by atoms with Crippen LogP contribution in [0.25, 0.3) is 10.2 Å². The number of carbonyl (C=O) groups excluding carboxylic acids is 2. The quantitative estimate of drug-likeness (QED) is 0.575. The Labute approximate surface area is 171 Å². The van der Waals surface area contributed by atoms with Crippen LogP contribution in [0.1, 0.15) is 45.0 Å². The number of benzene rings is 1. The molecule has 0 amide bonds. The van der Waals surface area contributed by atoms with Crippen LogP contribution in [-0.4, -0.2) is 35.2 Å². The molecule has 0 spiro atoms. The molecule has 0 saturated carbocycles. The normalized spacial score (nSPS) is 11.1. The van der Waals surface area contributed by atoms with E-state index >= 15 is 0 Å². The smallest absolute Gasteiger partial charge is 0.348 e.